The standard InChI is InChI=1S/C18H19ClN2O2S/c1-12-16(8-9-22-12)18(24)21-14-6-7-17(19)13(10-14)11-20-23-15-4-2-3-5-15/h6-11,15H,2-5H2,1H3,(H,21,24)/b20-11-. The van der Waals surface area contributed by atoms with Gasteiger partial charge in [0.2, 0.25) is 0 Å². The van der Waals surface area contributed by atoms with Gasteiger partial charge in [-0.25, -0.2) is 0 Å². The number of aryl methyl sites for hydroxylation is 1. The number of anilines is 1. The molecule has 1 aromatic heterocycles. The number of nitrogens with one attached hydrogen (secondary N) is 1. The van der Waals surface area contributed by atoms with Gasteiger partial charge in [0.05, 0.1) is 18.0 Å². The van der Waals surface area contributed by atoms with Gasteiger partial charge < -0.3 is 14.6 Å². The molecule has 0 spiro atoms. The lowest BCUT2D eigenvalue weighted by Crippen LogP contribution is -2.11. The van der Waals surface area contributed by atoms with E-state index in [0.717, 1.165) is 35.4 Å². The topological polar surface area (TPSA) is 46.8 Å². The van der Waals surface area contributed by atoms with Crippen LogP contribution >= 0.6 is 23.8 Å². The number of oxime groups is 1. The first-order chi connectivity index (χ1) is 11.6. The number of furan rings is 1. The van der Waals surface area contributed by atoms with E-state index in [2.05, 4.69) is 10.5 Å². The van der Waals surface area contributed by atoms with Gasteiger partial charge in [0.1, 0.15) is 16.9 Å². The molecule has 1 heterocycles. The lowest BCUT2D eigenvalue weighted by molar-refractivity contribution is 0.0657. The van der Waals surface area contributed by atoms with Crippen molar-refractivity contribution in [1.29, 1.82) is 0 Å². The van der Waals surface area contributed by atoms with Crippen LogP contribution in [-0.2, 0) is 4.84 Å². The molecule has 0 aliphatic heterocycles. The second-order valence-corrected chi connectivity index (χ2v) is 6.64. The molecule has 1 aromatic carbocycles. The molecule has 1 N–H and O–H groups in total. The molecule has 0 atom stereocenters. The molecular weight excluding hydrogens is 344 g/mol. The lowest BCUT2D eigenvalue weighted by Gasteiger charge is -2.09. The van der Waals surface area contributed by atoms with E-state index in [9.17, 15) is 0 Å². The van der Waals surface area contributed by atoms with Crippen molar-refractivity contribution in [2.45, 2.75) is 38.7 Å². The Labute approximate surface area is 151 Å². The number of thiocarbonyl (C=S) groups is 1. The molecule has 126 valence electrons. The Morgan fingerprint density at radius 3 is 2.88 bits per heavy atom. The molecule has 3 rings (SSSR count). The zero-order valence-corrected chi connectivity index (χ0v) is 15.0. The molecule has 1 saturated carbocycles. The van der Waals surface area contributed by atoms with Crippen molar-refractivity contribution in [3.8, 4) is 0 Å². The number of hydrogen-bond donors (Lipinski definition) is 1. The van der Waals surface area contributed by atoms with Gasteiger partial charge in [0.15, 0.2) is 0 Å². The summed E-state index contributed by atoms with van der Waals surface area (Å²) in [5.74, 6) is 0.785. The highest BCUT2D eigenvalue weighted by atomic mass is 35.5. The maximum atomic E-state index is 6.23. The van der Waals surface area contributed by atoms with Gasteiger partial charge in [0.25, 0.3) is 0 Å². The van der Waals surface area contributed by atoms with Crippen LogP contribution in [0.4, 0.5) is 5.69 Å². The second kappa shape index (κ2) is 7.81. The minimum Gasteiger partial charge on any atom is -0.469 e. The minimum atomic E-state index is 0.234. The zero-order chi connectivity index (χ0) is 16.9. The summed E-state index contributed by atoms with van der Waals surface area (Å²) in [6.45, 7) is 1.88. The van der Waals surface area contributed by atoms with E-state index in [4.69, 9.17) is 33.1 Å². The quantitative estimate of drug-likeness (QED) is 0.444. The van der Waals surface area contributed by atoms with E-state index in [1.54, 1.807) is 12.5 Å². The largest absolute Gasteiger partial charge is 0.469 e. The molecule has 0 saturated heterocycles. The van der Waals surface area contributed by atoms with Crippen molar-refractivity contribution in [1.82, 2.24) is 0 Å². The van der Waals surface area contributed by atoms with Gasteiger partial charge in [-0.3, -0.25) is 0 Å². The normalized spacial score (nSPS) is 15.1. The van der Waals surface area contributed by atoms with Crippen molar-refractivity contribution in [3.63, 3.8) is 0 Å². The van der Waals surface area contributed by atoms with Crippen molar-refractivity contribution in [3.05, 3.63) is 52.4 Å². The smallest absolute Gasteiger partial charge is 0.127 e. The summed E-state index contributed by atoms with van der Waals surface area (Å²) in [4.78, 5) is 6.11. The summed E-state index contributed by atoms with van der Waals surface area (Å²) >= 11 is 11.6. The van der Waals surface area contributed by atoms with Crippen LogP contribution in [0.5, 0.6) is 0 Å². The van der Waals surface area contributed by atoms with Gasteiger partial charge in [0, 0.05) is 16.3 Å². The fourth-order valence-corrected chi connectivity index (χ4v) is 3.20. The van der Waals surface area contributed by atoms with Crippen molar-refractivity contribution >= 4 is 40.7 Å². The number of rotatable bonds is 5. The molecule has 0 radical (unpaired) electrons. The summed E-state index contributed by atoms with van der Waals surface area (Å²) in [5.41, 5.74) is 2.50. The van der Waals surface area contributed by atoms with Gasteiger partial charge in [-0.2, -0.15) is 0 Å². The molecular formula is C18H19ClN2O2S. The van der Waals surface area contributed by atoms with Crippen LogP contribution in [0.15, 0.2) is 40.1 Å². The van der Waals surface area contributed by atoms with Gasteiger partial charge in [-0.15, -0.1) is 0 Å². The van der Waals surface area contributed by atoms with Crippen LogP contribution < -0.4 is 5.32 Å². The van der Waals surface area contributed by atoms with Crippen LogP contribution in [0, 0.1) is 6.92 Å². The minimum absolute atomic E-state index is 0.234. The molecule has 6 heteroatoms. The molecule has 1 aliphatic rings. The maximum absolute atomic E-state index is 6.23. The fraction of sp³-hybridized carbons (Fsp3) is 0.333. The highest BCUT2D eigenvalue weighted by molar-refractivity contribution is 7.81. The Bertz CT molecular complexity index is 751. The van der Waals surface area contributed by atoms with Crippen LogP contribution in [0.2, 0.25) is 5.02 Å². The molecule has 2 aromatic rings. The molecule has 24 heavy (non-hydrogen) atoms. The highest BCUT2D eigenvalue weighted by Crippen LogP contribution is 2.23. The predicted octanol–water partition coefficient (Wildman–Crippen LogP) is 5.32. The average molecular weight is 363 g/mol. The Morgan fingerprint density at radius 2 is 2.17 bits per heavy atom. The van der Waals surface area contributed by atoms with E-state index in [0.29, 0.717) is 10.0 Å². The van der Waals surface area contributed by atoms with E-state index < -0.39 is 0 Å². The summed E-state index contributed by atoms with van der Waals surface area (Å²) in [6, 6.07) is 7.43. The summed E-state index contributed by atoms with van der Waals surface area (Å²) < 4.78 is 5.28. The Morgan fingerprint density at radius 1 is 1.38 bits per heavy atom. The first-order valence-corrected chi connectivity index (χ1v) is 8.76. The number of halogens is 1. The van der Waals surface area contributed by atoms with Gasteiger partial charge >= 0.3 is 0 Å². The molecule has 0 amide bonds. The third kappa shape index (κ3) is 4.16. The Hall–Kier alpha value is -1.85. The third-order valence-electron chi connectivity index (χ3n) is 4.06. The Kier molecular flexibility index (Phi) is 5.53. The van der Waals surface area contributed by atoms with Crippen LogP contribution in [0.1, 0.15) is 42.6 Å². The number of benzene rings is 1. The SMILES string of the molecule is Cc1occc1C(=S)Nc1ccc(Cl)c(/C=N\OC2CCCC2)c1. The zero-order valence-electron chi connectivity index (χ0n) is 13.4. The van der Waals surface area contributed by atoms with E-state index >= 15 is 0 Å². The Balaban J connectivity index is 1.68. The number of hydrogen-bond acceptors (Lipinski definition) is 4. The average Bonchev–Trinajstić information content (AvgIpc) is 3.22. The maximum Gasteiger partial charge on any atom is 0.127 e. The summed E-state index contributed by atoms with van der Waals surface area (Å²) in [5, 5.41) is 7.89. The lowest BCUT2D eigenvalue weighted by atomic mass is 10.2. The fourth-order valence-electron chi connectivity index (χ4n) is 2.71. The van der Waals surface area contributed by atoms with Crippen LogP contribution in [0.3, 0.4) is 0 Å². The van der Waals surface area contributed by atoms with Gasteiger partial charge in [-0.1, -0.05) is 29.0 Å². The first-order valence-electron chi connectivity index (χ1n) is 7.97. The molecule has 1 aliphatic carbocycles. The highest BCUT2D eigenvalue weighted by Gasteiger charge is 2.15. The third-order valence-corrected chi connectivity index (χ3v) is 4.73. The van der Waals surface area contributed by atoms with E-state index in [-0.39, 0.29) is 6.10 Å². The molecule has 4 nitrogen and oxygen atoms in total. The van der Waals surface area contributed by atoms with Gasteiger partial charge in [-0.05, 0) is 56.9 Å². The van der Waals surface area contributed by atoms with E-state index in [1.807, 2.05) is 31.2 Å². The van der Waals surface area contributed by atoms with Crippen molar-refractivity contribution < 1.29 is 9.25 Å². The molecule has 0 unspecified atom stereocenters. The second-order valence-electron chi connectivity index (χ2n) is 5.83. The number of nitrogens with zero attached hydrogens (tertiary/aromatic N) is 1. The van der Waals surface area contributed by atoms with E-state index in [1.165, 1.54) is 12.8 Å². The van der Waals surface area contributed by atoms with Crippen molar-refractivity contribution in [2.75, 3.05) is 5.32 Å². The van der Waals surface area contributed by atoms with Crippen LogP contribution in [0.25, 0.3) is 0 Å². The van der Waals surface area contributed by atoms with Crippen molar-refractivity contribution in [2.24, 2.45) is 5.16 Å². The first kappa shape index (κ1) is 17.0. The monoisotopic (exact) mass is 362 g/mol. The summed E-state index contributed by atoms with van der Waals surface area (Å²) in [6.07, 6.45) is 8.08. The molecule has 1 fully saturated rings. The predicted molar refractivity (Wildman–Crippen MR) is 101 cm³/mol. The summed E-state index contributed by atoms with van der Waals surface area (Å²) in [7, 11) is 0. The molecule has 0 bridgehead atoms. The van der Waals surface area contributed by atoms with Crippen LogP contribution in [-0.4, -0.2) is 17.3 Å².